The molecule has 24 heavy (non-hydrogen) atoms. The summed E-state index contributed by atoms with van der Waals surface area (Å²) in [5.74, 6) is 1.18. The van der Waals surface area contributed by atoms with Crippen LogP contribution in [0.3, 0.4) is 0 Å². The summed E-state index contributed by atoms with van der Waals surface area (Å²) < 4.78 is 13.8. The molecule has 1 aromatic carbocycles. The molecule has 1 atom stereocenters. The topological polar surface area (TPSA) is 84.1 Å². The van der Waals surface area contributed by atoms with Gasteiger partial charge in [-0.1, -0.05) is 6.07 Å². The number of nitrogens with zero attached hydrogens (tertiary/aromatic N) is 5. The van der Waals surface area contributed by atoms with E-state index >= 15 is 0 Å². The normalized spacial score (nSPS) is 12.5. The number of hydrogen-bond donors (Lipinski definition) is 0. The van der Waals surface area contributed by atoms with Gasteiger partial charge in [0.2, 0.25) is 0 Å². The van der Waals surface area contributed by atoms with E-state index in [9.17, 15) is 4.79 Å². The maximum Gasteiger partial charge on any atom is 0.265 e. The molecule has 3 rings (SSSR count). The summed E-state index contributed by atoms with van der Waals surface area (Å²) in [5.41, 5.74) is 0.426. The minimum atomic E-state index is -0.321. The van der Waals surface area contributed by atoms with E-state index in [0.717, 1.165) is 0 Å². The van der Waals surface area contributed by atoms with Crippen molar-refractivity contribution in [3.05, 3.63) is 47.0 Å². The van der Waals surface area contributed by atoms with Crippen molar-refractivity contribution in [2.75, 3.05) is 20.8 Å². The molecule has 0 saturated carbocycles. The van der Waals surface area contributed by atoms with Crippen molar-refractivity contribution in [2.45, 2.75) is 19.5 Å². The second-order valence-corrected chi connectivity index (χ2v) is 5.36. The molecule has 0 aliphatic heterocycles. The molecule has 8 nitrogen and oxygen atoms in total. The number of benzene rings is 1. The summed E-state index contributed by atoms with van der Waals surface area (Å²) in [4.78, 5) is 17.3. The standard InChI is InChI=1S/C16H19N5O3/c1-11(15-19-18-10-20(15)7-8-23-2)21-9-17-12-5-4-6-13(24-3)14(12)16(21)22/h4-6,9-11H,7-8H2,1-3H3/t11-/m1/s1. The van der Waals surface area contributed by atoms with Crippen LogP contribution in [0.1, 0.15) is 18.8 Å². The molecule has 2 heterocycles. The number of rotatable bonds is 6. The Labute approximate surface area is 138 Å². The fourth-order valence-corrected chi connectivity index (χ4v) is 2.67. The molecule has 0 N–H and O–H groups in total. The van der Waals surface area contributed by atoms with Crippen molar-refractivity contribution in [3.63, 3.8) is 0 Å². The predicted octanol–water partition coefficient (Wildman–Crippen LogP) is 1.25. The fourth-order valence-electron chi connectivity index (χ4n) is 2.67. The molecule has 2 aromatic heterocycles. The van der Waals surface area contributed by atoms with E-state index in [0.29, 0.717) is 35.6 Å². The van der Waals surface area contributed by atoms with Gasteiger partial charge in [0.15, 0.2) is 5.82 Å². The highest BCUT2D eigenvalue weighted by atomic mass is 16.5. The molecule has 0 radical (unpaired) electrons. The quantitative estimate of drug-likeness (QED) is 0.677. The van der Waals surface area contributed by atoms with E-state index in [4.69, 9.17) is 9.47 Å². The van der Waals surface area contributed by atoms with Crippen LogP contribution in [0.15, 0.2) is 35.6 Å². The van der Waals surface area contributed by atoms with Gasteiger partial charge in [0, 0.05) is 13.7 Å². The second-order valence-electron chi connectivity index (χ2n) is 5.36. The van der Waals surface area contributed by atoms with Crippen LogP contribution in [-0.2, 0) is 11.3 Å². The van der Waals surface area contributed by atoms with E-state index in [1.165, 1.54) is 18.0 Å². The van der Waals surface area contributed by atoms with E-state index in [2.05, 4.69) is 15.2 Å². The van der Waals surface area contributed by atoms with Gasteiger partial charge in [-0.2, -0.15) is 0 Å². The van der Waals surface area contributed by atoms with Crippen molar-refractivity contribution in [1.29, 1.82) is 0 Å². The highest BCUT2D eigenvalue weighted by Gasteiger charge is 2.19. The lowest BCUT2D eigenvalue weighted by atomic mass is 10.2. The molecule has 0 aliphatic carbocycles. The van der Waals surface area contributed by atoms with Crippen LogP contribution in [-0.4, -0.2) is 45.1 Å². The Balaban J connectivity index is 2.08. The lowest BCUT2D eigenvalue weighted by Gasteiger charge is -2.16. The first-order chi connectivity index (χ1) is 11.7. The lowest BCUT2D eigenvalue weighted by Crippen LogP contribution is -2.27. The van der Waals surface area contributed by atoms with Crippen molar-refractivity contribution < 1.29 is 9.47 Å². The molecule has 0 spiro atoms. The van der Waals surface area contributed by atoms with Crippen LogP contribution >= 0.6 is 0 Å². The molecule has 0 saturated heterocycles. The molecule has 0 unspecified atom stereocenters. The number of methoxy groups -OCH3 is 2. The molecular formula is C16H19N5O3. The van der Waals surface area contributed by atoms with E-state index < -0.39 is 0 Å². The molecule has 3 aromatic rings. The SMILES string of the molecule is COCCn1cnnc1[C@@H](C)n1cnc2cccc(OC)c2c1=O. The van der Waals surface area contributed by atoms with Gasteiger partial charge in [-0.3, -0.25) is 9.36 Å². The molecule has 0 amide bonds. The summed E-state index contributed by atoms with van der Waals surface area (Å²) >= 11 is 0. The monoisotopic (exact) mass is 329 g/mol. The van der Waals surface area contributed by atoms with Crippen molar-refractivity contribution in [3.8, 4) is 5.75 Å². The second kappa shape index (κ2) is 6.79. The zero-order valence-corrected chi connectivity index (χ0v) is 13.8. The van der Waals surface area contributed by atoms with Crippen LogP contribution in [0.25, 0.3) is 10.9 Å². The van der Waals surface area contributed by atoms with Crippen LogP contribution < -0.4 is 10.3 Å². The van der Waals surface area contributed by atoms with Gasteiger partial charge in [-0.05, 0) is 19.1 Å². The van der Waals surface area contributed by atoms with Gasteiger partial charge in [0.05, 0.1) is 31.6 Å². The lowest BCUT2D eigenvalue weighted by molar-refractivity contribution is 0.185. The van der Waals surface area contributed by atoms with Gasteiger partial charge >= 0.3 is 0 Å². The summed E-state index contributed by atoms with van der Waals surface area (Å²) in [6.45, 7) is 3.04. The zero-order chi connectivity index (χ0) is 17.1. The van der Waals surface area contributed by atoms with Crippen molar-refractivity contribution in [1.82, 2.24) is 24.3 Å². The van der Waals surface area contributed by atoms with Crippen LogP contribution in [0.4, 0.5) is 0 Å². The first-order valence-electron chi connectivity index (χ1n) is 7.58. The Bertz CT molecular complexity index is 902. The summed E-state index contributed by atoms with van der Waals surface area (Å²) in [6.07, 6.45) is 3.16. The van der Waals surface area contributed by atoms with Crippen molar-refractivity contribution in [2.24, 2.45) is 0 Å². The van der Waals surface area contributed by atoms with Gasteiger partial charge in [0.25, 0.3) is 5.56 Å². The summed E-state index contributed by atoms with van der Waals surface area (Å²) in [7, 11) is 3.17. The average molecular weight is 329 g/mol. The third kappa shape index (κ3) is 2.76. The first kappa shape index (κ1) is 16.1. The van der Waals surface area contributed by atoms with Gasteiger partial charge < -0.3 is 14.0 Å². The number of hydrogen-bond acceptors (Lipinski definition) is 6. The Hall–Kier alpha value is -2.74. The van der Waals surface area contributed by atoms with E-state index in [1.807, 2.05) is 17.6 Å². The number of fused-ring (bicyclic) bond motifs is 1. The average Bonchev–Trinajstić information content (AvgIpc) is 3.07. The third-order valence-corrected chi connectivity index (χ3v) is 3.97. The van der Waals surface area contributed by atoms with Gasteiger partial charge in [-0.25, -0.2) is 4.98 Å². The third-order valence-electron chi connectivity index (χ3n) is 3.97. The molecule has 0 aliphatic rings. The highest BCUT2D eigenvalue weighted by Crippen LogP contribution is 2.21. The largest absolute Gasteiger partial charge is 0.496 e. The number of ether oxygens (including phenoxy) is 2. The molecular weight excluding hydrogens is 310 g/mol. The minimum absolute atomic E-state index is 0.175. The Morgan fingerprint density at radius 2 is 2.08 bits per heavy atom. The summed E-state index contributed by atoms with van der Waals surface area (Å²) in [6, 6.07) is 5.03. The molecule has 8 heteroatoms. The van der Waals surface area contributed by atoms with Crippen LogP contribution in [0.5, 0.6) is 5.75 Å². The first-order valence-corrected chi connectivity index (χ1v) is 7.58. The Morgan fingerprint density at radius 3 is 2.83 bits per heavy atom. The molecule has 0 bridgehead atoms. The minimum Gasteiger partial charge on any atom is -0.496 e. The van der Waals surface area contributed by atoms with E-state index in [1.54, 1.807) is 25.6 Å². The zero-order valence-electron chi connectivity index (χ0n) is 13.8. The fraction of sp³-hybridized carbons (Fsp3) is 0.375. The smallest absolute Gasteiger partial charge is 0.265 e. The van der Waals surface area contributed by atoms with E-state index in [-0.39, 0.29) is 11.6 Å². The molecule has 126 valence electrons. The Kier molecular flexibility index (Phi) is 4.57. The van der Waals surface area contributed by atoms with Crippen LogP contribution in [0.2, 0.25) is 0 Å². The Morgan fingerprint density at radius 1 is 1.25 bits per heavy atom. The van der Waals surface area contributed by atoms with Crippen molar-refractivity contribution >= 4 is 10.9 Å². The van der Waals surface area contributed by atoms with Gasteiger partial charge in [-0.15, -0.1) is 10.2 Å². The molecule has 0 fully saturated rings. The highest BCUT2D eigenvalue weighted by molar-refractivity contribution is 5.83. The maximum atomic E-state index is 12.9. The number of aromatic nitrogens is 5. The van der Waals surface area contributed by atoms with Gasteiger partial charge in [0.1, 0.15) is 17.5 Å². The van der Waals surface area contributed by atoms with Crippen LogP contribution in [0, 0.1) is 0 Å². The maximum absolute atomic E-state index is 12.9. The summed E-state index contributed by atoms with van der Waals surface area (Å²) in [5, 5.41) is 8.55. The predicted molar refractivity (Wildman–Crippen MR) is 88.3 cm³/mol.